The van der Waals surface area contributed by atoms with Crippen molar-refractivity contribution in [2.75, 3.05) is 0 Å². The Balaban J connectivity index is 2.30. The van der Waals surface area contributed by atoms with Crippen molar-refractivity contribution in [2.24, 2.45) is 0 Å². The summed E-state index contributed by atoms with van der Waals surface area (Å²) in [6.07, 6.45) is 0. The summed E-state index contributed by atoms with van der Waals surface area (Å²) in [5, 5.41) is 0.192. The van der Waals surface area contributed by atoms with Crippen LogP contribution in [0.15, 0.2) is 24.3 Å². The molecule has 0 aliphatic rings. The van der Waals surface area contributed by atoms with E-state index in [9.17, 15) is 4.39 Å². The SMILES string of the molecule is Cc1nc(Cl)c(Oc2ccc(F)cc2)nc1C. The molecule has 0 fully saturated rings. The summed E-state index contributed by atoms with van der Waals surface area (Å²) in [5.74, 6) is 0.363. The van der Waals surface area contributed by atoms with Gasteiger partial charge in [-0.05, 0) is 38.1 Å². The molecule has 2 rings (SSSR count). The Labute approximate surface area is 103 Å². The van der Waals surface area contributed by atoms with E-state index in [1.165, 1.54) is 24.3 Å². The molecule has 0 atom stereocenters. The van der Waals surface area contributed by atoms with Crippen LogP contribution in [-0.4, -0.2) is 9.97 Å². The molecule has 1 heterocycles. The number of hydrogen-bond donors (Lipinski definition) is 0. The second-order valence-electron chi connectivity index (χ2n) is 3.55. The van der Waals surface area contributed by atoms with Gasteiger partial charge in [-0.1, -0.05) is 11.6 Å². The molecule has 0 bridgehead atoms. The molecule has 1 aromatic carbocycles. The van der Waals surface area contributed by atoms with Crippen LogP contribution in [0.5, 0.6) is 11.6 Å². The molecule has 0 amide bonds. The first-order valence-electron chi connectivity index (χ1n) is 5.00. The van der Waals surface area contributed by atoms with Gasteiger partial charge < -0.3 is 4.74 Å². The average molecular weight is 253 g/mol. The summed E-state index contributed by atoms with van der Waals surface area (Å²) in [6, 6.07) is 5.61. The Morgan fingerprint density at radius 2 is 1.65 bits per heavy atom. The van der Waals surface area contributed by atoms with Crippen molar-refractivity contribution in [1.82, 2.24) is 9.97 Å². The Morgan fingerprint density at radius 3 is 2.29 bits per heavy atom. The first-order chi connectivity index (χ1) is 8.06. The first kappa shape index (κ1) is 11.8. The van der Waals surface area contributed by atoms with E-state index in [2.05, 4.69) is 9.97 Å². The third-order valence-electron chi connectivity index (χ3n) is 2.26. The van der Waals surface area contributed by atoms with Crippen LogP contribution in [0.3, 0.4) is 0 Å². The van der Waals surface area contributed by atoms with Crippen molar-refractivity contribution >= 4 is 11.6 Å². The van der Waals surface area contributed by atoms with Crippen LogP contribution in [0.4, 0.5) is 4.39 Å². The van der Waals surface area contributed by atoms with Crippen LogP contribution in [-0.2, 0) is 0 Å². The van der Waals surface area contributed by atoms with E-state index in [1.54, 1.807) is 0 Å². The maximum atomic E-state index is 12.7. The molecule has 1 aromatic heterocycles. The first-order valence-corrected chi connectivity index (χ1v) is 5.38. The minimum Gasteiger partial charge on any atom is -0.436 e. The maximum Gasteiger partial charge on any atom is 0.257 e. The number of halogens is 2. The van der Waals surface area contributed by atoms with Gasteiger partial charge >= 0.3 is 0 Å². The fourth-order valence-electron chi connectivity index (χ4n) is 1.23. The van der Waals surface area contributed by atoms with E-state index in [1.807, 2.05) is 13.8 Å². The largest absolute Gasteiger partial charge is 0.436 e. The second kappa shape index (κ2) is 4.67. The minimum absolute atomic E-state index is 0.192. The lowest BCUT2D eigenvalue weighted by Gasteiger charge is -2.07. The monoisotopic (exact) mass is 252 g/mol. The molecule has 0 radical (unpaired) electrons. The second-order valence-corrected chi connectivity index (χ2v) is 3.90. The minimum atomic E-state index is -0.324. The highest BCUT2D eigenvalue weighted by atomic mass is 35.5. The van der Waals surface area contributed by atoms with E-state index >= 15 is 0 Å². The fourth-order valence-corrected chi connectivity index (χ4v) is 1.44. The summed E-state index contributed by atoms with van der Waals surface area (Å²) in [4.78, 5) is 8.27. The molecular weight excluding hydrogens is 243 g/mol. The van der Waals surface area contributed by atoms with Gasteiger partial charge in [0, 0.05) is 0 Å². The van der Waals surface area contributed by atoms with E-state index in [0.29, 0.717) is 5.75 Å². The molecule has 3 nitrogen and oxygen atoms in total. The van der Waals surface area contributed by atoms with Crippen molar-refractivity contribution in [1.29, 1.82) is 0 Å². The third-order valence-corrected chi connectivity index (χ3v) is 2.51. The topological polar surface area (TPSA) is 35.0 Å². The number of aromatic nitrogens is 2. The molecule has 0 aliphatic carbocycles. The highest BCUT2D eigenvalue weighted by Gasteiger charge is 2.09. The summed E-state index contributed by atoms with van der Waals surface area (Å²) >= 11 is 5.91. The van der Waals surface area contributed by atoms with Gasteiger partial charge in [-0.25, -0.2) is 14.4 Å². The van der Waals surface area contributed by atoms with Gasteiger partial charge in [-0.3, -0.25) is 0 Å². The molecule has 2 aromatic rings. The molecule has 0 saturated carbocycles. The number of nitrogens with zero attached hydrogens (tertiary/aromatic N) is 2. The number of aryl methyl sites for hydroxylation is 2. The van der Waals surface area contributed by atoms with Crippen LogP contribution in [0.25, 0.3) is 0 Å². The fraction of sp³-hybridized carbons (Fsp3) is 0.167. The lowest BCUT2D eigenvalue weighted by molar-refractivity contribution is 0.457. The number of rotatable bonds is 2. The van der Waals surface area contributed by atoms with Crippen molar-refractivity contribution in [3.63, 3.8) is 0 Å². The Morgan fingerprint density at radius 1 is 1.06 bits per heavy atom. The highest BCUT2D eigenvalue weighted by molar-refractivity contribution is 6.30. The standard InChI is InChI=1S/C12H10ClFN2O/c1-7-8(2)16-12(11(13)15-7)17-10-5-3-9(14)4-6-10/h3-6H,1-2H3. The van der Waals surface area contributed by atoms with Gasteiger partial charge in [0.05, 0.1) is 11.4 Å². The van der Waals surface area contributed by atoms with Gasteiger partial charge in [0.1, 0.15) is 11.6 Å². The molecule has 88 valence electrons. The van der Waals surface area contributed by atoms with E-state index in [0.717, 1.165) is 11.4 Å². The number of hydrogen-bond acceptors (Lipinski definition) is 3. The van der Waals surface area contributed by atoms with Crippen molar-refractivity contribution in [2.45, 2.75) is 13.8 Å². The molecular formula is C12H10ClFN2O. The van der Waals surface area contributed by atoms with Gasteiger partial charge in [0.25, 0.3) is 5.88 Å². The van der Waals surface area contributed by atoms with Gasteiger partial charge in [-0.15, -0.1) is 0 Å². The van der Waals surface area contributed by atoms with E-state index in [4.69, 9.17) is 16.3 Å². The van der Waals surface area contributed by atoms with E-state index < -0.39 is 0 Å². The molecule has 0 N–H and O–H groups in total. The molecule has 5 heteroatoms. The smallest absolute Gasteiger partial charge is 0.257 e. The van der Waals surface area contributed by atoms with Gasteiger partial charge in [0.15, 0.2) is 5.15 Å². The normalized spacial score (nSPS) is 10.4. The zero-order valence-corrected chi connectivity index (χ0v) is 10.1. The highest BCUT2D eigenvalue weighted by Crippen LogP contribution is 2.26. The zero-order chi connectivity index (χ0) is 12.4. The number of ether oxygens (including phenoxy) is 1. The number of benzene rings is 1. The van der Waals surface area contributed by atoms with Crippen LogP contribution < -0.4 is 4.74 Å². The summed E-state index contributed by atoms with van der Waals surface area (Å²) < 4.78 is 18.1. The predicted molar refractivity (Wildman–Crippen MR) is 63.0 cm³/mol. The maximum absolute atomic E-state index is 12.7. The molecule has 0 aliphatic heterocycles. The third kappa shape index (κ3) is 2.71. The van der Waals surface area contributed by atoms with Gasteiger partial charge in [0.2, 0.25) is 0 Å². The quantitative estimate of drug-likeness (QED) is 0.818. The van der Waals surface area contributed by atoms with E-state index in [-0.39, 0.29) is 16.9 Å². The van der Waals surface area contributed by atoms with Crippen LogP contribution in [0, 0.1) is 19.7 Å². The van der Waals surface area contributed by atoms with Crippen LogP contribution >= 0.6 is 11.6 Å². The average Bonchev–Trinajstić information content (AvgIpc) is 2.29. The Kier molecular flexibility index (Phi) is 3.24. The molecule has 0 spiro atoms. The van der Waals surface area contributed by atoms with Crippen molar-refractivity contribution in [3.05, 3.63) is 46.6 Å². The Bertz CT molecular complexity index is 543. The molecule has 17 heavy (non-hydrogen) atoms. The van der Waals surface area contributed by atoms with Crippen LogP contribution in [0.2, 0.25) is 5.15 Å². The zero-order valence-electron chi connectivity index (χ0n) is 9.37. The van der Waals surface area contributed by atoms with Crippen molar-refractivity contribution < 1.29 is 9.13 Å². The predicted octanol–water partition coefficient (Wildman–Crippen LogP) is 3.68. The summed E-state index contributed by atoms with van der Waals surface area (Å²) in [6.45, 7) is 3.63. The van der Waals surface area contributed by atoms with Gasteiger partial charge in [-0.2, -0.15) is 0 Å². The summed E-state index contributed by atoms with van der Waals surface area (Å²) in [7, 11) is 0. The molecule has 0 saturated heterocycles. The lowest BCUT2D eigenvalue weighted by Crippen LogP contribution is -1.97. The van der Waals surface area contributed by atoms with Crippen LogP contribution in [0.1, 0.15) is 11.4 Å². The van der Waals surface area contributed by atoms with Crippen molar-refractivity contribution in [3.8, 4) is 11.6 Å². The lowest BCUT2D eigenvalue weighted by atomic mass is 10.3. The Hall–Kier alpha value is -1.68. The summed E-state index contributed by atoms with van der Waals surface area (Å²) in [5.41, 5.74) is 1.49. The molecule has 0 unspecified atom stereocenters.